The molecular weight excluding hydrogens is 294 g/mol. The molecule has 7 heteroatoms. The van der Waals surface area contributed by atoms with Crippen LogP contribution in [-0.2, 0) is 4.79 Å². The first-order valence-electron chi connectivity index (χ1n) is 7.61. The molecule has 0 bridgehead atoms. The average Bonchev–Trinajstić information content (AvgIpc) is 3.00. The standard InChI is InChI=1S/C16H19N5O2/c1-12(19-16(23)13-5-3-2-4-6-13)7-15(22)20-8-14(9-20)21-11-17-10-18-21/h2-6,10-12,14H,7-9H2,1H3,(H,19,23). The van der Waals surface area contributed by atoms with E-state index in [9.17, 15) is 9.59 Å². The van der Waals surface area contributed by atoms with Crippen molar-refractivity contribution in [2.24, 2.45) is 0 Å². The highest BCUT2D eigenvalue weighted by Gasteiger charge is 2.32. The Bertz CT molecular complexity index is 665. The van der Waals surface area contributed by atoms with Crippen LogP contribution in [0.25, 0.3) is 0 Å². The number of likely N-dealkylation sites (tertiary alicyclic amines) is 1. The van der Waals surface area contributed by atoms with Crippen LogP contribution in [0.3, 0.4) is 0 Å². The quantitative estimate of drug-likeness (QED) is 0.888. The van der Waals surface area contributed by atoms with Gasteiger partial charge in [0.15, 0.2) is 0 Å². The van der Waals surface area contributed by atoms with E-state index in [1.807, 2.05) is 25.1 Å². The molecule has 1 aliphatic heterocycles. The number of nitrogens with zero attached hydrogens (tertiary/aromatic N) is 4. The largest absolute Gasteiger partial charge is 0.349 e. The molecule has 120 valence electrons. The van der Waals surface area contributed by atoms with Crippen LogP contribution in [0.5, 0.6) is 0 Å². The Kier molecular flexibility index (Phi) is 4.36. The molecule has 1 atom stereocenters. The number of hydrogen-bond acceptors (Lipinski definition) is 4. The summed E-state index contributed by atoms with van der Waals surface area (Å²) in [7, 11) is 0. The number of rotatable bonds is 5. The Balaban J connectivity index is 1.44. The summed E-state index contributed by atoms with van der Waals surface area (Å²) in [5.74, 6) is -0.114. The lowest BCUT2D eigenvalue weighted by Gasteiger charge is -2.39. The van der Waals surface area contributed by atoms with Crippen LogP contribution in [0.4, 0.5) is 0 Å². The van der Waals surface area contributed by atoms with Gasteiger partial charge < -0.3 is 10.2 Å². The van der Waals surface area contributed by atoms with Crippen LogP contribution in [-0.4, -0.2) is 50.6 Å². The molecule has 0 aliphatic carbocycles. The summed E-state index contributed by atoms with van der Waals surface area (Å²) in [6.45, 7) is 3.12. The third-order valence-corrected chi connectivity index (χ3v) is 3.92. The molecule has 0 radical (unpaired) electrons. The lowest BCUT2D eigenvalue weighted by atomic mass is 10.1. The van der Waals surface area contributed by atoms with Crippen molar-refractivity contribution in [2.45, 2.75) is 25.4 Å². The maximum Gasteiger partial charge on any atom is 0.251 e. The summed E-state index contributed by atoms with van der Waals surface area (Å²) in [5.41, 5.74) is 0.599. The predicted molar refractivity (Wildman–Crippen MR) is 83.6 cm³/mol. The van der Waals surface area contributed by atoms with E-state index in [4.69, 9.17) is 0 Å². The third-order valence-electron chi connectivity index (χ3n) is 3.92. The van der Waals surface area contributed by atoms with Crippen LogP contribution >= 0.6 is 0 Å². The van der Waals surface area contributed by atoms with Gasteiger partial charge in [-0.25, -0.2) is 9.67 Å². The molecule has 1 fully saturated rings. The monoisotopic (exact) mass is 313 g/mol. The zero-order chi connectivity index (χ0) is 16.2. The predicted octanol–water partition coefficient (Wildman–Crippen LogP) is 0.870. The van der Waals surface area contributed by atoms with E-state index in [1.165, 1.54) is 6.33 Å². The smallest absolute Gasteiger partial charge is 0.251 e. The maximum absolute atomic E-state index is 12.2. The molecule has 1 aromatic heterocycles. The zero-order valence-corrected chi connectivity index (χ0v) is 12.9. The van der Waals surface area contributed by atoms with Crippen molar-refractivity contribution < 1.29 is 9.59 Å². The van der Waals surface area contributed by atoms with Gasteiger partial charge in [-0.15, -0.1) is 0 Å². The minimum absolute atomic E-state index is 0.0437. The van der Waals surface area contributed by atoms with Crippen molar-refractivity contribution in [3.63, 3.8) is 0 Å². The molecule has 1 saturated heterocycles. The van der Waals surface area contributed by atoms with Gasteiger partial charge in [0.1, 0.15) is 12.7 Å². The first-order valence-corrected chi connectivity index (χ1v) is 7.61. The van der Waals surface area contributed by atoms with Gasteiger partial charge >= 0.3 is 0 Å². The van der Waals surface area contributed by atoms with E-state index >= 15 is 0 Å². The van der Waals surface area contributed by atoms with Gasteiger partial charge in [0.05, 0.1) is 6.04 Å². The van der Waals surface area contributed by atoms with Crippen molar-refractivity contribution in [2.75, 3.05) is 13.1 Å². The van der Waals surface area contributed by atoms with Crippen LogP contribution in [0.1, 0.15) is 29.7 Å². The fourth-order valence-corrected chi connectivity index (χ4v) is 2.57. The van der Waals surface area contributed by atoms with Crippen LogP contribution in [0.2, 0.25) is 0 Å². The molecule has 1 aliphatic rings. The van der Waals surface area contributed by atoms with Crippen molar-refractivity contribution in [1.29, 1.82) is 0 Å². The Labute approximate surface area is 134 Å². The number of aromatic nitrogens is 3. The summed E-state index contributed by atoms with van der Waals surface area (Å²) in [6, 6.07) is 8.99. The minimum Gasteiger partial charge on any atom is -0.349 e. The Hall–Kier alpha value is -2.70. The van der Waals surface area contributed by atoms with Gasteiger partial charge in [-0.1, -0.05) is 18.2 Å². The molecule has 0 saturated carbocycles. The second-order valence-electron chi connectivity index (χ2n) is 5.77. The SMILES string of the molecule is CC(CC(=O)N1CC(n2cncn2)C1)NC(=O)c1ccccc1. The number of benzene rings is 1. The molecule has 7 nitrogen and oxygen atoms in total. The van der Waals surface area contributed by atoms with E-state index in [2.05, 4.69) is 15.4 Å². The van der Waals surface area contributed by atoms with Crippen molar-refractivity contribution in [1.82, 2.24) is 25.0 Å². The van der Waals surface area contributed by atoms with Crippen LogP contribution in [0.15, 0.2) is 43.0 Å². The average molecular weight is 313 g/mol. The summed E-state index contributed by atoms with van der Waals surface area (Å²) in [4.78, 5) is 29.9. The topological polar surface area (TPSA) is 80.1 Å². The van der Waals surface area contributed by atoms with E-state index in [0.29, 0.717) is 25.1 Å². The van der Waals surface area contributed by atoms with E-state index < -0.39 is 0 Å². The number of hydrogen-bond donors (Lipinski definition) is 1. The maximum atomic E-state index is 12.2. The van der Waals surface area contributed by atoms with Gasteiger partial charge in [0.25, 0.3) is 5.91 Å². The van der Waals surface area contributed by atoms with Gasteiger partial charge in [0.2, 0.25) is 5.91 Å². The highest BCUT2D eigenvalue weighted by Crippen LogP contribution is 2.20. The molecule has 1 N–H and O–H groups in total. The number of carbonyl (C=O) groups excluding carboxylic acids is 2. The van der Waals surface area contributed by atoms with Crippen LogP contribution < -0.4 is 5.32 Å². The summed E-state index contributed by atoms with van der Waals surface area (Å²) < 4.78 is 1.77. The fraction of sp³-hybridized carbons (Fsp3) is 0.375. The molecule has 1 aromatic carbocycles. The molecule has 3 rings (SSSR count). The van der Waals surface area contributed by atoms with Gasteiger partial charge in [-0.05, 0) is 19.1 Å². The van der Waals surface area contributed by atoms with Gasteiger partial charge in [-0.3, -0.25) is 9.59 Å². The summed E-state index contributed by atoms with van der Waals surface area (Å²) >= 11 is 0. The van der Waals surface area contributed by atoms with Gasteiger partial charge in [0, 0.05) is 31.1 Å². The number of carbonyl (C=O) groups is 2. The molecule has 1 unspecified atom stereocenters. The first-order chi connectivity index (χ1) is 11.1. The second kappa shape index (κ2) is 6.60. The van der Waals surface area contributed by atoms with E-state index in [-0.39, 0.29) is 23.9 Å². The fourth-order valence-electron chi connectivity index (χ4n) is 2.57. The molecule has 23 heavy (non-hydrogen) atoms. The Morgan fingerprint density at radius 1 is 1.30 bits per heavy atom. The number of amides is 2. The zero-order valence-electron chi connectivity index (χ0n) is 12.9. The second-order valence-corrected chi connectivity index (χ2v) is 5.77. The molecule has 0 spiro atoms. The van der Waals surface area contributed by atoms with E-state index in [0.717, 1.165) is 0 Å². The van der Waals surface area contributed by atoms with Crippen molar-refractivity contribution in [3.8, 4) is 0 Å². The molecule has 2 amide bonds. The normalized spacial score (nSPS) is 15.8. The lowest BCUT2D eigenvalue weighted by molar-refractivity contribution is -0.137. The Morgan fingerprint density at radius 3 is 2.70 bits per heavy atom. The highest BCUT2D eigenvalue weighted by molar-refractivity contribution is 5.94. The van der Waals surface area contributed by atoms with Gasteiger partial charge in [-0.2, -0.15) is 5.10 Å². The minimum atomic E-state index is -0.208. The highest BCUT2D eigenvalue weighted by atomic mass is 16.2. The molecular formula is C16H19N5O2. The third kappa shape index (κ3) is 3.56. The summed E-state index contributed by atoms with van der Waals surface area (Å²) in [6.07, 6.45) is 3.45. The number of nitrogens with one attached hydrogen (secondary N) is 1. The molecule has 2 aromatic rings. The van der Waals surface area contributed by atoms with Crippen molar-refractivity contribution in [3.05, 3.63) is 48.5 Å². The summed E-state index contributed by atoms with van der Waals surface area (Å²) in [5, 5.41) is 6.93. The van der Waals surface area contributed by atoms with E-state index in [1.54, 1.807) is 28.0 Å². The lowest BCUT2D eigenvalue weighted by Crippen LogP contribution is -2.52. The Morgan fingerprint density at radius 2 is 2.04 bits per heavy atom. The first kappa shape index (κ1) is 15.2. The molecule has 2 heterocycles. The van der Waals surface area contributed by atoms with Crippen LogP contribution in [0, 0.1) is 0 Å². The van der Waals surface area contributed by atoms with Crippen molar-refractivity contribution >= 4 is 11.8 Å².